The van der Waals surface area contributed by atoms with E-state index in [9.17, 15) is 8.78 Å². The first-order chi connectivity index (χ1) is 8.48. The highest BCUT2D eigenvalue weighted by atomic mass is 19.1. The number of nitrogens with zero attached hydrogens (tertiary/aromatic N) is 1. The lowest BCUT2D eigenvalue weighted by atomic mass is 9.92. The first-order valence-corrected chi connectivity index (χ1v) is 6.11. The van der Waals surface area contributed by atoms with E-state index in [1.54, 1.807) is 6.07 Å². The molecular weight excluding hydrogens is 234 g/mol. The molecule has 2 nitrogen and oxygen atoms in total. The van der Waals surface area contributed by atoms with Crippen LogP contribution in [-0.2, 0) is 0 Å². The van der Waals surface area contributed by atoms with Gasteiger partial charge in [0.15, 0.2) is 11.6 Å². The predicted molar refractivity (Wildman–Crippen MR) is 66.1 cm³/mol. The van der Waals surface area contributed by atoms with Crippen LogP contribution in [0.1, 0.15) is 32.3 Å². The number of hydrogen-bond acceptors (Lipinski definition) is 2. The Bertz CT molecular complexity index is 476. The fourth-order valence-corrected chi connectivity index (χ4v) is 2.19. The molecule has 1 N–H and O–H groups in total. The number of rotatable bonds is 4. The molecule has 1 aliphatic carbocycles. The van der Waals surface area contributed by atoms with Crippen LogP contribution in [0.25, 0.3) is 0 Å². The number of anilines is 1. The summed E-state index contributed by atoms with van der Waals surface area (Å²) < 4.78 is 27.3. The third-order valence-electron chi connectivity index (χ3n) is 3.91. The molecule has 1 aliphatic rings. The van der Waals surface area contributed by atoms with Gasteiger partial charge in [-0.3, -0.25) is 0 Å². The van der Waals surface area contributed by atoms with E-state index in [2.05, 4.69) is 19.2 Å². The molecule has 4 heteroatoms. The Hall–Kier alpha value is -1.63. The molecule has 0 saturated heterocycles. The van der Waals surface area contributed by atoms with E-state index in [4.69, 9.17) is 5.26 Å². The average Bonchev–Trinajstić information content (AvgIpc) is 3.08. The van der Waals surface area contributed by atoms with Crippen LogP contribution in [0, 0.1) is 34.3 Å². The van der Waals surface area contributed by atoms with Crippen molar-refractivity contribution in [1.82, 2.24) is 0 Å². The van der Waals surface area contributed by atoms with Crippen molar-refractivity contribution in [2.45, 2.75) is 26.7 Å². The molecule has 1 saturated carbocycles. The van der Waals surface area contributed by atoms with Gasteiger partial charge in [-0.1, -0.05) is 13.8 Å². The minimum Gasteiger partial charge on any atom is -0.380 e. The van der Waals surface area contributed by atoms with Gasteiger partial charge in [0.2, 0.25) is 0 Å². The minimum absolute atomic E-state index is 0.000504. The summed E-state index contributed by atoms with van der Waals surface area (Å²) in [7, 11) is 0. The molecule has 18 heavy (non-hydrogen) atoms. The zero-order valence-electron chi connectivity index (χ0n) is 10.6. The standard InChI is InChI=1S/C14H16F2N2/c1-9(2)14(3-4-14)8-18-13-11(15)5-10(7-17)6-12(13)16/h5-6,9,18H,3-4,8H2,1-2H3. The van der Waals surface area contributed by atoms with E-state index in [-0.39, 0.29) is 16.7 Å². The van der Waals surface area contributed by atoms with Crippen molar-refractivity contribution in [1.29, 1.82) is 5.26 Å². The Kier molecular flexibility index (Phi) is 3.25. The summed E-state index contributed by atoms with van der Waals surface area (Å²) in [6.07, 6.45) is 2.19. The van der Waals surface area contributed by atoms with Crippen LogP contribution in [0.5, 0.6) is 0 Å². The molecular formula is C14H16F2N2. The lowest BCUT2D eigenvalue weighted by Gasteiger charge is -2.21. The Balaban J connectivity index is 2.13. The Morgan fingerprint density at radius 1 is 1.33 bits per heavy atom. The Labute approximate surface area is 106 Å². The van der Waals surface area contributed by atoms with Crippen molar-refractivity contribution in [3.8, 4) is 6.07 Å². The second-order valence-electron chi connectivity index (χ2n) is 5.30. The zero-order chi connectivity index (χ0) is 13.3. The van der Waals surface area contributed by atoms with E-state index in [1.165, 1.54) is 0 Å². The first-order valence-electron chi connectivity index (χ1n) is 6.11. The molecule has 1 aromatic rings. The molecule has 0 aliphatic heterocycles. The highest BCUT2D eigenvalue weighted by Crippen LogP contribution is 2.51. The second kappa shape index (κ2) is 4.56. The summed E-state index contributed by atoms with van der Waals surface area (Å²) >= 11 is 0. The second-order valence-corrected chi connectivity index (χ2v) is 5.30. The predicted octanol–water partition coefficient (Wildman–Crippen LogP) is 3.68. The van der Waals surface area contributed by atoms with Gasteiger partial charge in [-0.05, 0) is 36.3 Å². The summed E-state index contributed by atoms with van der Waals surface area (Å²) in [5.74, 6) is -0.910. The van der Waals surface area contributed by atoms with Crippen molar-refractivity contribution in [3.05, 3.63) is 29.3 Å². The molecule has 2 rings (SSSR count). The van der Waals surface area contributed by atoms with Crippen LogP contribution in [0.15, 0.2) is 12.1 Å². The Morgan fingerprint density at radius 3 is 2.28 bits per heavy atom. The van der Waals surface area contributed by atoms with Crippen LogP contribution < -0.4 is 5.32 Å². The normalized spacial score (nSPS) is 16.4. The average molecular weight is 250 g/mol. The van der Waals surface area contributed by atoms with E-state index in [0.29, 0.717) is 12.5 Å². The summed E-state index contributed by atoms with van der Waals surface area (Å²) in [6, 6.07) is 3.84. The summed E-state index contributed by atoms with van der Waals surface area (Å²) in [4.78, 5) is 0. The van der Waals surface area contributed by atoms with Gasteiger partial charge < -0.3 is 5.32 Å². The fraction of sp³-hybridized carbons (Fsp3) is 0.500. The molecule has 1 fully saturated rings. The number of benzene rings is 1. The van der Waals surface area contributed by atoms with Crippen molar-refractivity contribution in [2.75, 3.05) is 11.9 Å². The van der Waals surface area contributed by atoms with Crippen molar-refractivity contribution in [3.63, 3.8) is 0 Å². The van der Waals surface area contributed by atoms with E-state index < -0.39 is 11.6 Å². The van der Waals surface area contributed by atoms with Gasteiger partial charge in [0.1, 0.15) is 5.69 Å². The summed E-state index contributed by atoms with van der Waals surface area (Å²) in [6.45, 7) is 4.82. The Morgan fingerprint density at radius 2 is 1.89 bits per heavy atom. The van der Waals surface area contributed by atoms with Crippen molar-refractivity contribution < 1.29 is 8.78 Å². The first kappa shape index (κ1) is 12.8. The highest BCUT2D eigenvalue weighted by molar-refractivity contribution is 5.50. The van der Waals surface area contributed by atoms with Gasteiger partial charge in [-0.2, -0.15) is 5.26 Å². The molecule has 1 aromatic carbocycles. The molecule has 0 atom stereocenters. The lowest BCUT2D eigenvalue weighted by Crippen LogP contribution is -2.21. The van der Waals surface area contributed by atoms with Crippen molar-refractivity contribution in [2.24, 2.45) is 11.3 Å². The van der Waals surface area contributed by atoms with Gasteiger partial charge in [0.25, 0.3) is 0 Å². The van der Waals surface area contributed by atoms with Crippen molar-refractivity contribution >= 4 is 5.69 Å². The van der Waals surface area contributed by atoms with Gasteiger partial charge >= 0.3 is 0 Å². The van der Waals surface area contributed by atoms with Gasteiger partial charge in [-0.15, -0.1) is 0 Å². The van der Waals surface area contributed by atoms with Gasteiger partial charge in [0, 0.05) is 6.54 Å². The number of nitrogens with one attached hydrogen (secondary N) is 1. The monoisotopic (exact) mass is 250 g/mol. The third kappa shape index (κ3) is 2.31. The number of halogens is 2. The molecule has 0 spiro atoms. The molecule has 0 bridgehead atoms. The SMILES string of the molecule is CC(C)C1(CNc2c(F)cc(C#N)cc2F)CC1. The highest BCUT2D eigenvalue weighted by Gasteiger charge is 2.45. The van der Waals surface area contributed by atoms with Crippen LogP contribution in [0.3, 0.4) is 0 Å². The van der Waals surface area contributed by atoms with E-state index in [1.807, 2.05) is 0 Å². The van der Waals surface area contributed by atoms with Crippen LogP contribution in [-0.4, -0.2) is 6.54 Å². The molecule has 96 valence electrons. The van der Waals surface area contributed by atoms with Crippen LogP contribution >= 0.6 is 0 Å². The molecule has 0 aromatic heterocycles. The molecule has 0 heterocycles. The van der Waals surface area contributed by atoms with Gasteiger partial charge in [-0.25, -0.2) is 8.78 Å². The minimum atomic E-state index is -0.703. The number of hydrogen-bond donors (Lipinski definition) is 1. The zero-order valence-corrected chi connectivity index (χ0v) is 10.6. The fourth-order valence-electron chi connectivity index (χ4n) is 2.19. The molecule has 0 amide bonds. The summed E-state index contributed by atoms with van der Waals surface area (Å²) in [5.41, 5.74) is 0.0498. The van der Waals surface area contributed by atoms with Gasteiger partial charge in [0.05, 0.1) is 11.6 Å². The topological polar surface area (TPSA) is 35.8 Å². The third-order valence-corrected chi connectivity index (χ3v) is 3.91. The number of nitriles is 1. The maximum absolute atomic E-state index is 13.6. The van der Waals surface area contributed by atoms with Crippen LogP contribution in [0.2, 0.25) is 0 Å². The van der Waals surface area contributed by atoms with E-state index >= 15 is 0 Å². The molecule has 0 unspecified atom stereocenters. The summed E-state index contributed by atoms with van der Waals surface area (Å²) in [5, 5.41) is 11.5. The lowest BCUT2D eigenvalue weighted by molar-refractivity contribution is 0.379. The molecule has 0 radical (unpaired) electrons. The van der Waals surface area contributed by atoms with Crippen LogP contribution in [0.4, 0.5) is 14.5 Å². The quantitative estimate of drug-likeness (QED) is 0.884. The largest absolute Gasteiger partial charge is 0.380 e. The smallest absolute Gasteiger partial charge is 0.150 e. The van der Waals surface area contributed by atoms with E-state index in [0.717, 1.165) is 25.0 Å². The maximum atomic E-state index is 13.6. The maximum Gasteiger partial charge on any atom is 0.150 e.